The van der Waals surface area contributed by atoms with Gasteiger partial charge in [0.05, 0.1) is 3.79 Å². The van der Waals surface area contributed by atoms with Gasteiger partial charge in [0.1, 0.15) is 18.2 Å². The van der Waals surface area contributed by atoms with Crippen molar-refractivity contribution in [1.82, 2.24) is 0 Å². The van der Waals surface area contributed by atoms with Gasteiger partial charge in [-0.2, -0.15) is 0 Å². The van der Waals surface area contributed by atoms with Gasteiger partial charge < -0.3 is 10.5 Å². The van der Waals surface area contributed by atoms with Crippen LogP contribution in [0.3, 0.4) is 0 Å². The molecule has 2 nitrogen and oxygen atoms in total. The van der Waals surface area contributed by atoms with Gasteiger partial charge in [-0.05, 0) is 58.6 Å². The number of nitrogens with two attached hydrogens (primary N) is 1. The van der Waals surface area contributed by atoms with E-state index in [2.05, 4.69) is 15.9 Å². The second-order valence-electron chi connectivity index (χ2n) is 4.66. The molecule has 0 aliphatic carbocycles. The molecule has 5 heteroatoms. The summed E-state index contributed by atoms with van der Waals surface area (Å²) in [5.74, 6) is 0.265. The second kappa shape index (κ2) is 7.20. The Morgan fingerprint density at radius 2 is 2.15 bits per heavy atom. The van der Waals surface area contributed by atoms with Crippen molar-refractivity contribution in [2.75, 3.05) is 0 Å². The van der Waals surface area contributed by atoms with E-state index in [1.165, 1.54) is 12.1 Å². The molecule has 1 aromatic heterocycles. The molecule has 0 fully saturated rings. The van der Waals surface area contributed by atoms with Gasteiger partial charge in [-0.15, -0.1) is 11.3 Å². The van der Waals surface area contributed by atoms with E-state index >= 15 is 0 Å². The summed E-state index contributed by atoms with van der Waals surface area (Å²) >= 11 is 5.01. The van der Waals surface area contributed by atoms with Crippen LogP contribution in [0.15, 0.2) is 34.1 Å². The Bertz CT molecular complexity index is 573. The summed E-state index contributed by atoms with van der Waals surface area (Å²) in [6.07, 6.45) is 1.53. The van der Waals surface area contributed by atoms with E-state index in [0.717, 1.165) is 20.6 Å². The van der Waals surface area contributed by atoms with Gasteiger partial charge >= 0.3 is 0 Å². The van der Waals surface area contributed by atoms with Gasteiger partial charge in [-0.1, -0.05) is 6.92 Å². The molecule has 0 radical (unpaired) electrons. The zero-order valence-corrected chi connectivity index (χ0v) is 13.6. The Labute approximate surface area is 130 Å². The van der Waals surface area contributed by atoms with Crippen molar-refractivity contribution in [3.05, 3.63) is 50.4 Å². The predicted octanol–water partition coefficient (Wildman–Crippen LogP) is 4.51. The van der Waals surface area contributed by atoms with Gasteiger partial charge in [-0.3, -0.25) is 0 Å². The third kappa shape index (κ3) is 4.58. The number of ether oxygens (including phenoxy) is 1. The van der Waals surface area contributed by atoms with Crippen LogP contribution >= 0.6 is 27.3 Å². The molecule has 0 aliphatic heterocycles. The highest BCUT2D eigenvalue weighted by Crippen LogP contribution is 2.24. The van der Waals surface area contributed by atoms with Crippen molar-refractivity contribution < 1.29 is 9.13 Å². The lowest BCUT2D eigenvalue weighted by atomic mass is 10.0. The largest absolute Gasteiger partial charge is 0.488 e. The molecule has 2 aromatic rings. The summed E-state index contributed by atoms with van der Waals surface area (Å²) in [5.41, 5.74) is 6.78. The normalized spacial score (nSPS) is 12.4. The molecule has 0 saturated carbocycles. The molecule has 1 aromatic carbocycles. The molecule has 1 unspecified atom stereocenters. The molecular formula is C15H17BrFNOS. The van der Waals surface area contributed by atoms with E-state index < -0.39 is 0 Å². The fourth-order valence-electron chi connectivity index (χ4n) is 1.85. The highest BCUT2D eigenvalue weighted by Gasteiger charge is 2.07. The Morgan fingerprint density at radius 3 is 2.80 bits per heavy atom. The highest BCUT2D eigenvalue weighted by molar-refractivity contribution is 9.11. The van der Waals surface area contributed by atoms with E-state index in [9.17, 15) is 4.39 Å². The van der Waals surface area contributed by atoms with Crippen LogP contribution < -0.4 is 10.5 Å². The van der Waals surface area contributed by atoms with Crippen molar-refractivity contribution in [2.45, 2.75) is 32.4 Å². The van der Waals surface area contributed by atoms with Crippen LogP contribution in [0, 0.1) is 5.82 Å². The first-order valence-electron chi connectivity index (χ1n) is 6.49. The maximum Gasteiger partial charge on any atom is 0.127 e. The Hall–Kier alpha value is -0.910. The van der Waals surface area contributed by atoms with Gasteiger partial charge in [0.25, 0.3) is 0 Å². The molecule has 0 spiro atoms. The summed E-state index contributed by atoms with van der Waals surface area (Å²) < 4.78 is 20.3. The lowest BCUT2D eigenvalue weighted by Gasteiger charge is -2.11. The maximum absolute atomic E-state index is 13.6. The van der Waals surface area contributed by atoms with Crippen LogP contribution in [0.25, 0.3) is 0 Å². The van der Waals surface area contributed by atoms with E-state index in [-0.39, 0.29) is 11.9 Å². The summed E-state index contributed by atoms with van der Waals surface area (Å²) in [4.78, 5) is 1.09. The van der Waals surface area contributed by atoms with Crippen LogP contribution in [0.5, 0.6) is 5.75 Å². The lowest BCUT2D eigenvalue weighted by Crippen LogP contribution is -2.21. The third-order valence-corrected chi connectivity index (χ3v) is 4.56. The fourth-order valence-corrected chi connectivity index (χ4v) is 3.25. The minimum atomic E-state index is -0.284. The standard InChI is InChI=1S/C15H17BrFNOS/c1-2-12(18)6-10-5-11(17)8-13(7-10)19-9-14-3-4-15(16)20-14/h3-5,7-8,12H,2,6,9,18H2,1H3. The predicted molar refractivity (Wildman–Crippen MR) is 84.7 cm³/mol. The van der Waals surface area contributed by atoms with Crippen molar-refractivity contribution in [3.63, 3.8) is 0 Å². The summed E-state index contributed by atoms with van der Waals surface area (Å²) in [5, 5.41) is 0. The molecule has 108 valence electrons. The minimum absolute atomic E-state index is 0.0536. The molecule has 20 heavy (non-hydrogen) atoms. The Balaban J connectivity index is 2.03. The number of thiophene rings is 1. The molecule has 2 N–H and O–H groups in total. The second-order valence-corrected chi connectivity index (χ2v) is 7.21. The fraction of sp³-hybridized carbons (Fsp3) is 0.333. The third-order valence-electron chi connectivity index (χ3n) is 2.96. The summed E-state index contributed by atoms with van der Waals surface area (Å²) in [7, 11) is 0. The average Bonchev–Trinajstić information content (AvgIpc) is 2.81. The molecule has 0 saturated heterocycles. The molecule has 0 amide bonds. The molecule has 0 bridgehead atoms. The van der Waals surface area contributed by atoms with Crippen molar-refractivity contribution >= 4 is 27.3 Å². The van der Waals surface area contributed by atoms with E-state index in [0.29, 0.717) is 18.8 Å². The van der Waals surface area contributed by atoms with Crippen LogP contribution in [0.2, 0.25) is 0 Å². The number of rotatable bonds is 6. The molecular weight excluding hydrogens is 341 g/mol. The van der Waals surface area contributed by atoms with Crippen LogP contribution in [0.1, 0.15) is 23.8 Å². The number of halogens is 2. The van der Waals surface area contributed by atoms with Gasteiger partial charge in [0.15, 0.2) is 0 Å². The molecule has 1 heterocycles. The van der Waals surface area contributed by atoms with E-state index in [4.69, 9.17) is 10.5 Å². The zero-order valence-electron chi connectivity index (χ0n) is 11.2. The van der Waals surface area contributed by atoms with Crippen molar-refractivity contribution in [1.29, 1.82) is 0 Å². The van der Waals surface area contributed by atoms with Crippen molar-refractivity contribution in [2.24, 2.45) is 5.73 Å². The number of hydrogen-bond acceptors (Lipinski definition) is 3. The average molecular weight is 358 g/mol. The summed E-state index contributed by atoms with van der Waals surface area (Å²) in [6, 6.07) is 8.80. The zero-order chi connectivity index (χ0) is 14.5. The van der Waals surface area contributed by atoms with Gasteiger partial charge in [0.2, 0.25) is 0 Å². The quantitative estimate of drug-likeness (QED) is 0.825. The molecule has 2 rings (SSSR count). The van der Waals surface area contributed by atoms with E-state index in [1.807, 2.05) is 25.1 Å². The van der Waals surface area contributed by atoms with Crippen LogP contribution in [-0.2, 0) is 13.0 Å². The first kappa shape index (κ1) is 15.5. The SMILES string of the molecule is CCC(N)Cc1cc(F)cc(OCc2ccc(Br)s2)c1. The highest BCUT2D eigenvalue weighted by atomic mass is 79.9. The number of benzene rings is 1. The monoisotopic (exact) mass is 357 g/mol. The summed E-state index contributed by atoms with van der Waals surface area (Å²) in [6.45, 7) is 2.47. The number of hydrogen-bond donors (Lipinski definition) is 1. The van der Waals surface area contributed by atoms with Crippen LogP contribution in [0.4, 0.5) is 4.39 Å². The smallest absolute Gasteiger partial charge is 0.127 e. The van der Waals surface area contributed by atoms with Crippen LogP contribution in [-0.4, -0.2) is 6.04 Å². The topological polar surface area (TPSA) is 35.2 Å². The maximum atomic E-state index is 13.6. The minimum Gasteiger partial charge on any atom is -0.488 e. The Kier molecular flexibility index (Phi) is 5.57. The lowest BCUT2D eigenvalue weighted by molar-refractivity contribution is 0.307. The van der Waals surface area contributed by atoms with Gasteiger partial charge in [-0.25, -0.2) is 4.39 Å². The molecule has 1 atom stereocenters. The Morgan fingerprint density at radius 1 is 1.35 bits per heavy atom. The van der Waals surface area contributed by atoms with E-state index in [1.54, 1.807) is 11.3 Å². The van der Waals surface area contributed by atoms with Crippen molar-refractivity contribution in [3.8, 4) is 5.75 Å². The van der Waals surface area contributed by atoms with Gasteiger partial charge in [0, 0.05) is 17.0 Å². The first-order valence-corrected chi connectivity index (χ1v) is 8.10. The first-order chi connectivity index (χ1) is 9.56. The molecule has 0 aliphatic rings.